The molecule has 2 atom stereocenters. The Balaban J connectivity index is 1.19. The van der Waals surface area contributed by atoms with Gasteiger partial charge in [-0.25, -0.2) is 0 Å². The molecule has 0 aliphatic carbocycles. The minimum atomic E-state index is -4.39. The van der Waals surface area contributed by atoms with Crippen molar-refractivity contribution in [1.29, 1.82) is 0 Å². The largest absolute Gasteiger partial charge is 0.490 e. The first-order valence-electron chi connectivity index (χ1n) is 12.7. The van der Waals surface area contributed by atoms with E-state index in [2.05, 4.69) is 24.0 Å². The fourth-order valence-electron chi connectivity index (χ4n) is 5.87. The van der Waals surface area contributed by atoms with E-state index < -0.39 is 11.7 Å². The zero-order chi connectivity index (χ0) is 24.6. The number of rotatable bonds is 5. The van der Waals surface area contributed by atoms with Crippen molar-refractivity contribution in [1.82, 2.24) is 9.80 Å². The monoisotopic (exact) mass is 486 g/mol. The lowest BCUT2D eigenvalue weighted by Crippen LogP contribution is -2.49. The highest BCUT2D eigenvalue weighted by molar-refractivity contribution is 5.95. The maximum atomic E-state index is 13.4. The fourth-order valence-corrected chi connectivity index (χ4v) is 5.87. The molecule has 0 aromatic heterocycles. The second kappa shape index (κ2) is 9.84. The summed E-state index contributed by atoms with van der Waals surface area (Å²) in [5.41, 5.74) is 1.23. The van der Waals surface area contributed by atoms with Crippen LogP contribution in [0.1, 0.15) is 66.9 Å². The lowest BCUT2D eigenvalue weighted by Gasteiger charge is -2.39. The summed E-state index contributed by atoms with van der Waals surface area (Å²) in [4.78, 5) is 17.8. The van der Waals surface area contributed by atoms with Crippen molar-refractivity contribution in [3.05, 3.63) is 65.2 Å². The van der Waals surface area contributed by atoms with E-state index in [1.54, 1.807) is 6.07 Å². The molecule has 3 heterocycles. The molecule has 5 rings (SSSR count). The third kappa shape index (κ3) is 5.50. The topological polar surface area (TPSA) is 32.8 Å². The number of amides is 1. The first-order valence-corrected chi connectivity index (χ1v) is 12.7. The highest BCUT2D eigenvalue weighted by Crippen LogP contribution is 2.39. The van der Waals surface area contributed by atoms with Crippen LogP contribution in [0, 0.1) is 5.92 Å². The number of carbonyl (C=O) groups is 1. The van der Waals surface area contributed by atoms with Gasteiger partial charge in [0.25, 0.3) is 5.91 Å². The molecule has 35 heavy (non-hydrogen) atoms. The summed E-state index contributed by atoms with van der Waals surface area (Å²) in [5.74, 6) is 1.09. The molecule has 2 aromatic carbocycles. The lowest BCUT2D eigenvalue weighted by atomic mass is 9.97. The predicted octanol–water partition coefficient (Wildman–Crippen LogP) is 6.15. The molecule has 3 aliphatic rings. The molecule has 3 saturated heterocycles. The number of hydrogen-bond donors (Lipinski definition) is 0. The summed E-state index contributed by atoms with van der Waals surface area (Å²) >= 11 is 0. The second-order valence-electron chi connectivity index (χ2n) is 10.5. The predicted molar refractivity (Wildman–Crippen MR) is 128 cm³/mol. The molecule has 0 N–H and O–H groups in total. The fraction of sp³-hybridized carbons (Fsp3) is 0.536. The molecule has 7 heteroatoms. The number of alkyl halides is 3. The molecule has 0 saturated carbocycles. The van der Waals surface area contributed by atoms with Crippen LogP contribution in [0.2, 0.25) is 0 Å². The standard InChI is InChI=1S/C28H33F3N2O2/c1-19-11-13-32(14-12-19)18-20-5-7-21(8-6-20)27(34)33-23-9-10-24(33)17-26(16-23)35-25-4-2-3-22(15-25)28(29,30)31/h2-8,15,19,23-24,26H,9-14,16-18H2,1H3/t23-,24-/m0/s1. The van der Waals surface area contributed by atoms with Crippen LogP contribution in [0.3, 0.4) is 0 Å². The minimum Gasteiger partial charge on any atom is -0.490 e. The van der Waals surface area contributed by atoms with Crippen molar-refractivity contribution < 1.29 is 22.7 Å². The molecule has 0 radical (unpaired) electrons. The molecule has 188 valence electrons. The van der Waals surface area contributed by atoms with E-state index in [0.29, 0.717) is 18.4 Å². The Hall–Kier alpha value is -2.54. The summed E-state index contributed by atoms with van der Waals surface area (Å²) in [5, 5.41) is 0. The van der Waals surface area contributed by atoms with Crippen LogP contribution in [0.25, 0.3) is 0 Å². The van der Waals surface area contributed by atoms with Gasteiger partial charge in [0, 0.05) is 37.0 Å². The van der Waals surface area contributed by atoms with Crippen LogP contribution in [0.5, 0.6) is 5.75 Å². The normalized spacial score (nSPS) is 25.6. The molecular formula is C28H33F3N2O2. The molecule has 2 bridgehead atoms. The van der Waals surface area contributed by atoms with E-state index >= 15 is 0 Å². The van der Waals surface area contributed by atoms with Gasteiger partial charge in [0.1, 0.15) is 11.9 Å². The number of ether oxygens (including phenoxy) is 1. The van der Waals surface area contributed by atoms with Crippen molar-refractivity contribution in [3.8, 4) is 5.75 Å². The average molecular weight is 487 g/mol. The van der Waals surface area contributed by atoms with Gasteiger partial charge in [0.2, 0.25) is 0 Å². The first-order chi connectivity index (χ1) is 16.8. The smallest absolute Gasteiger partial charge is 0.416 e. The maximum absolute atomic E-state index is 13.4. The molecule has 3 fully saturated rings. The quantitative estimate of drug-likeness (QED) is 0.508. The van der Waals surface area contributed by atoms with Gasteiger partial charge in [0.15, 0.2) is 0 Å². The molecule has 3 aliphatic heterocycles. The van der Waals surface area contributed by atoms with E-state index in [1.165, 1.54) is 24.5 Å². The summed E-state index contributed by atoms with van der Waals surface area (Å²) in [6, 6.07) is 13.2. The molecule has 2 aromatic rings. The van der Waals surface area contributed by atoms with Crippen molar-refractivity contribution >= 4 is 5.91 Å². The van der Waals surface area contributed by atoms with Crippen LogP contribution in [-0.4, -0.2) is 47.0 Å². The first kappa shape index (κ1) is 24.2. The molecule has 0 unspecified atom stereocenters. The number of halogens is 3. The van der Waals surface area contributed by atoms with Gasteiger partial charge in [-0.3, -0.25) is 9.69 Å². The zero-order valence-electron chi connectivity index (χ0n) is 20.1. The van der Waals surface area contributed by atoms with E-state index in [1.807, 2.05) is 17.0 Å². The van der Waals surface area contributed by atoms with Crippen LogP contribution >= 0.6 is 0 Å². The van der Waals surface area contributed by atoms with Gasteiger partial charge < -0.3 is 9.64 Å². The van der Waals surface area contributed by atoms with Gasteiger partial charge in [-0.15, -0.1) is 0 Å². The molecule has 4 nitrogen and oxygen atoms in total. The summed E-state index contributed by atoms with van der Waals surface area (Å²) in [7, 11) is 0. The van der Waals surface area contributed by atoms with Gasteiger partial charge in [-0.05, 0) is 80.6 Å². The highest BCUT2D eigenvalue weighted by Gasteiger charge is 2.44. The number of benzene rings is 2. The Labute approximate surface area is 205 Å². The van der Waals surface area contributed by atoms with E-state index in [0.717, 1.165) is 50.5 Å². The van der Waals surface area contributed by atoms with Gasteiger partial charge in [0.05, 0.1) is 5.56 Å². The molecule has 1 amide bonds. The number of likely N-dealkylation sites (tertiary alicyclic amines) is 1. The van der Waals surface area contributed by atoms with E-state index in [4.69, 9.17) is 4.74 Å². The number of nitrogens with zero attached hydrogens (tertiary/aromatic N) is 2. The lowest BCUT2D eigenvalue weighted by molar-refractivity contribution is -0.137. The van der Waals surface area contributed by atoms with Crippen LogP contribution in [0.4, 0.5) is 13.2 Å². The van der Waals surface area contributed by atoms with Crippen molar-refractivity contribution in [2.75, 3.05) is 13.1 Å². The number of carbonyl (C=O) groups excluding carboxylic acids is 1. The van der Waals surface area contributed by atoms with Crippen molar-refractivity contribution in [2.45, 2.75) is 76.4 Å². The second-order valence-corrected chi connectivity index (χ2v) is 10.5. The highest BCUT2D eigenvalue weighted by atomic mass is 19.4. The summed E-state index contributed by atoms with van der Waals surface area (Å²) in [6.07, 6.45) is 1.01. The van der Waals surface area contributed by atoms with Crippen LogP contribution in [0.15, 0.2) is 48.5 Å². The van der Waals surface area contributed by atoms with Gasteiger partial charge in [-0.2, -0.15) is 13.2 Å². The van der Waals surface area contributed by atoms with E-state index in [-0.39, 0.29) is 29.8 Å². The number of hydrogen-bond acceptors (Lipinski definition) is 3. The Morgan fingerprint density at radius 1 is 0.971 bits per heavy atom. The van der Waals surface area contributed by atoms with Crippen molar-refractivity contribution in [3.63, 3.8) is 0 Å². The summed E-state index contributed by atoms with van der Waals surface area (Å²) < 4.78 is 45.1. The van der Waals surface area contributed by atoms with Crippen LogP contribution < -0.4 is 4.74 Å². The van der Waals surface area contributed by atoms with E-state index in [9.17, 15) is 18.0 Å². The molecular weight excluding hydrogens is 453 g/mol. The summed E-state index contributed by atoms with van der Waals surface area (Å²) in [6.45, 7) is 5.49. The van der Waals surface area contributed by atoms with Crippen LogP contribution in [-0.2, 0) is 12.7 Å². The third-order valence-corrected chi connectivity index (χ3v) is 7.87. The number of fused-ring (bicyclic) bond motifs is 2. The number of piperidine rings is 2. The zero-order valence-corrected chi connectivity index (χ0v) is 20.1. The van der Waals surface area contributed by atoms with Gasteiger partial charge in [-0.1, -0.05) is 25.1 Å². The Morgan fingerprint density at radius 2 is 1.63 bits per heavy atom. The maximum Gasteiger partial charge on any atom is 0.416 e. The Morgan fingerprint density at radius 3 is 2.26 bits per heavy atom. The van der Waals surface area contributed by atoms with Crippen molar-refractivity contribution in [2.24, 2.45) is 5.92 Å². The average Bonchev–Trinajstić information content (AvgIpc) is 3.10. The Kier molecular flexibility index (Phi) is 6.80. The van der Waals surface area contributed by atoms with Gasteiger partial charge >= 0.3 is 6.18 Å². The molecule has 0 spiro atoms. The Bertz CT molecular complexity index is 1020. The minimum absolute atomic E-state index is 0.0494. The third-order valence-electron chi connectivity index (χ3n) is 7.87. The SMILES string of the molecule is CC1CCN(Cc2ccc(C(=O)N3[C@H]4CC[C@H]3CC(Oc3cccc(C(F)(F)F)c3)C4)cc2)CC1.